The second-order valence-electron chi connectivity index (χ2n) is 4.28. The first-order valence-corrected chi connectivity index (χ1v) is 6.11. The Morgan fingerprint density at radius 2 is 2.33 bits per heavy atom. The third-order valence-electron chi connectivity index (χ3n) is 2.61. The van der Waals surface area contributed by atoms with Crippen LogP contribution in [0, 0.1) is 0 Å². The van der Waals surface area contributed by atoms with Gasteiger partial charge in [0.25, 0.3) is 0 Å². The van der Waals surface area contributed by atoms with Crippen LogP contribution in [-0.4, -0.2) is 28.5 Å². The number of carbonyl (C=O) groups is 1. The summed E-state index contributed by atoms with van der Waals surface area (Å²) in [6.45, 7) is 0.694. The van der Waals surface area contributed by atoms with Crippen LogP contribution in [0.1, 0.15) is 25.7 Å². The topological polar surface area (TPSA) is 105 Å². The summed E-state index contributed by atoms with van der Waals surface area (Å²) < 4.78 is 0. The molecule has 18 heavy (non-hydrogen) atoms. The molecule has 0 atom stereocenters. The number of nitrogens with zero attached hydrogens (tertiary/aromatic N) is 2. The number of hydrogen-bond acceptors (Lipinski definition) is 6. The summed E-state index contributed by atoms with van der Waals surface area (Å²) in [7, 11) is 0. The van der Waals surface area contributed by atoms with Gasteiger partial charge in [-0.25, -0.2) is 10.8 Å². The molecule has 0 aromatic carbocycles. The fourth-order valence-corrected chi connectivity index (χ4v) is 1.52. The maximum absolute atomic E-state index is 11.4. The van der Waals surface area contributed by atoms with Crippen LogP contribution in [0.5, 0.6) is 0 Å². The maximum Gasteiger partial charge on any atom is 0.239 e. The molecule has 0 saturated heterocycles. The monoisotopic (exact) mass is 250 g/mol. The molecule has 0 aliphatic heterocycles. The average Bonchev–Trinajstić information content (AvgIpc) is 3.19. The first-order chi connectivity index (χ1) is 8.78. The molecular weight excluding hydrogens is 232 g/mol. The Balaban J connectivity index is 1.63. The normalized spacial score (nSPS) is 14.1. The Morgan fingerprint density at radius 3 is 3.06 bits per heavy atom. The third-order valence-corrected chi connectivity index (χ3v) is 2.61. The Hall–Kier alpha value is -1.89. The van der Waals surface area contributed by atoms with Crippen molar-refractivity contribution in [3.05, 3.63) is 12.3 Å². The highest BCUT2D eigenvalue weighted by atomic mass is 16.1. The third kappa shape index (κ3) is 4.17. The molecule has 98 valence electrons. The molecule has 1 aromatic rings. The molecule has 1 amide bonds. The van der Waals surface area contributed by atoms with Crippen molar-refractivity contribution >= 4 is 17.7 Å². The Morgan fingerprint density at radius 1 is 1.50 bits per heavy atom. The Labute approximate surface area is 106 Å². The molecule has 0 bridgehead atoms. The summed E-state index contributed by atoms with van der Waals surface area (Å²) in [5.74, 6) is 6.40. The molecule has 2 rings (SSSR count). The zero-order valence-corrected chi connectivity index (χ0v) is 10.1. The first kappa shape index (κ1) is 12.6. The fraction of sp³-hybridized carbons (Fsp3) is 0.545. The van der Waals surface area contributed by atoms with E-state index in [-0.39, 0.29) is 5.91 Å². The molecule has 1 aliphatic rings. The predicted octanol–water partition coefficient (Wildman–Crippen LogP) is 0.233. The number of carbonyl (C=O) groups excluding carboxylic acids is 1. The van der Waals surface area contributed by atoms with Crippen molar-refractivity contribution in [1.29, 1.82) is 0 Å². The van der Waals surface area contributed by atoms with Gasteiger partial charge in [0.05, 0.1) is 0 Å². The van der Waals surface area contributed by atoms with Crippen molar-refractivity contribution in [2.75, 3.05) is 17.3 Å². The van der Waals surface area contributed by atoms with Crippen LogP contribution >= 0.6 is 0 Å². The minimum Gasteiger partial charge on any atom is -0.370 e. The lowest BCUT2D eigenvalue weighted by Gasteiger charge is -2.06. The zero-order chi connectivity index (χ0) is 12.8. The number of aromatic nitrogens is 2. The number of anilines is 2. The van der Waals surface area contributed by atoms with E-state index < -0.39 is 0 Å². The van der Waals surface area contributed by atoms with E-state index in [0.717, 1.165) is 19.3 Å². The van der Waals surface area contributed by atoms with Crippen molar-refractivity contribution in [3.63, 3.8) is 0 Å². The SMILES string of the molecule is NNc1nccc(NCCCC(=O)NC2CC2)n1. The molecular formula is C11H18N6O. The van der Waals surface area contributed by atoms with E-state index in [1.165, 1.54) is 0 Å². The van der Waals surface area contributed by atoms with E-state index in [9.17, 15) is 4.79 Å². The largest absolute Gasteiger partial charge is 0.370 e. The molecule has 1 saturated carbocycles. The molecule has 5 N–H and O–H groups in total. The van der Waals surface area contributed by atoms with Gasteiger partial charge in [-0.15, -0.1) is 0 Å². The number of amides is 1. The minimum atomic E-state index is 0.131. The van der Waals surface area contributed by atoms with Gasteiger partial charge in [-0.2, -0.15) is 4.98 Å². The molecule has 1 fully saturated rings. The summed E-state index contributed by atoms with van der Waals surface area (Å²) in [6, 6.07) is 2.19. The van der Waals surface area contributed by atoms with Crippen molar-refractivity contribution < 1.29 is 4.79 Å². The molecule has 1 aliphatic carbocycles. The summed E-state index contributed by atoms with van der Waals surface area (Å²) in [6.07, 6.45) is 5.18. The number of rotatable bonds is 7. The van der Waals surface area contributed by atoms with Crippen molar-refractivity contribution in [2.24, 2.45) is 5.84 Å². The summed E-state index contributed by atoms with van der Waals surface area (Å²) in [5, 5.41) is 6.07. The van der Waals surface area contributed by atoms with Gasteiger partial charge in [-0.3, -0.25) is 10.2 Å². The lowest BCUT2D eigenvalue weighted by atomic mass is 10.3. The molecule has 0 radical (unpaired) electrons. The second-order valence-corrected chi connectivity index (χ2v) is 4.28. The van der Waals surface area contributed by atoms with Crippen LogP contribution in [0.4, 0.5) is 11.8 Å². The van der Waals surface area contributed by atoms with Gasteiger partial charge in [-0.05, 0) is 25.3 Å². The van der Waals surface area contributed by atoms with Crippen LogP contribution in [0.25, 0.3) is 0 Å². The van der Waals surface area contributed by atoms with Gasteiger partial charge in [0.2, 0.25) is 11.9 Å². The lowest BCUT2D eigenvalue weighted by molar-refractivity contribution is -0.121. The van der Waals surface area contributed by atoms with Gasteiger partial charge >= 0.3 is 0 Å². The molecule has 1 aromatic heterocycles. The van der Waals surface area contributed by atoms with Gasteiger partial charge in [0.15, 0.2) is 0 Å². The highest BCUT2D eigenvalue weighted by molar-refractivity contribution is 5.76. The molecule has 7 heteroatoms. The zero-order valence-electron chi connectivity index (χ0n) is 10.1. The maximum atomic E-state index is 11.4. The fourth-order valence-electron chi connectivity index (χ4n) is 1.52. The van der Waals surface area contributed by atoms with Crippen LogP contribution in [-0.2, 0) is 4.79 Å². The molecule has 7 nitrogen and oxygen atoms in total. The predicted molar refractivity (Wildman–Crippen MR) is 68.7 cm³/mol. The lowest BCUT2D eigenvalue weighted by Crippen LogP contribution is -2.25. The molecule has 0 unspecified atom stereocenters. The smallest absolute Gasteiger partial charge is 0.239 e. The number of hydrogen-bond donors (Lipinski definition) is 4. The van der Waals surface area contributed by atoms with Gasteiger partial charge in [-0.1, -0.05) is 0 Å². The summed E-state index contributed by atoms with van der Waals surface area (Å²) in [4.78, 5) is 19.4. The molecule has 1 heterocycles. The minimum absolute atomic E-state index is 0.131. The van der Waals surface area contributed by atoms with Gasteiger partial charge in [0.1, 0.15) is 5.82 Å². The standard InChI is InChI=1S/C11H18N6O/c12-17-11-14-7-5-9(16-11)13-6-1-2-10(18)15-8-3-4-8/h5,7-8H,1-4,6,12H2,(H,15,18)(H2,13,14,16,17). The van der Waals surface area contributed by atoms with Crippen LogP contribution in [0.15, 0.2) is 12.3 Å². The van der Waals surface area contributed by atoms with Crippen LogP contribution < -0.4 is 21.9 Å². The van der Waals surface area contributed by atoms with Crippen LogP contribution in [0.3, 0.4) is 0 Å². The summed E-state index contributed by atoms with van der Waals surface area (Å²) in [5.41, 5.74) is 2.38. The quantitative estimate of drug-likeness (QED) is 0.314. The van der Waals surface area contributed by atoms with Crippen molar-refractivity contribution in [1.82, 2.24) is 15.3 Å². The average molecular weight is 250 g/mol. The van der Waals surface area contributed by atoms with Crippen molar-refractivity contribution in [3.8, 4) is 0 Å². The first-order valence-electron chi connectivity index (χ1n) is 6.11. The molecule has 0 spiro atoms. The Kier molecular flexibility index (Phi) is 4.30. The second kappa shape index (κ2) is 6.15. The summed E-state index contributed by atoms with van der Waals surface area (Å²) >= 11 is 0. The van der Waals surface area contributed by atoms with Gasteiger partial charge < -0.3 is 10.6 Å². The number of nitrogens with two attached hydrogens (primary N) is 1. The highest BCUT2D eigenvalue weighted by Gasteiger charge is 2.22. The number of nitrogens with one attached hydrogen (secondary N) is 3. The highest BCUT2D eigenvalue weighted by Crippen LogP contribution is 2.18. The van der Waals surface area contributed by atoms with E-state index in [1.807, 2.05) is 0 Å². The van der Waals surface area contributed by atoms with E-state index >= 15 is 0 Å². The van der Waals surface area contributed by atoms with E-state index in [1.54, 1.807) is 12.3 Å². The Bertz CT molecular complexity index is 406. The number of nitrogen functional groups attached to an aromatic ring is 1. The van der Waals surface area contributed by atoms with Crippen molar-refractivity contribution in [2.45, 2.75) is 31.7 Å². The van der Waals surface area contributed by atoms with E-state index in [2.05, 4.69) is 26.0 Å². The number of hydrazine groups is 1. The van der Waals surface area contributed by atoms with Crippen LogP contribution in [0.2, 0.25) is 0 Å². The van der Waals surface area contributed by atoms with Gasteiger partial charge in [0, 0.05) is 25.2 Å². The van der Waals surface area contributed by atoms with E-state index in [0.29, 0.717) is 30.8 Å². The van der Waals surface area contributed by atoms with E-state index in [4.69, 9.17) is 5.84 Å².